The molecule has 0 bridgehead atoms. The Bertz CT molecular complexity index is 732. The molecule has 0 spiro atoms. The van der Waals surface area contributed by atoms with E-state index in [9.17, 15) is 8.42 Å². The molecule has 0 amide bonds. The zero-order chi connectivity index (χ0) is 15.5. The predicted octanol–water partition coefficient (Wildman–Crippen LogP) is 2.27. The molecule has 0 aliphatic rings. The first kappa shape index (κ1) is 15.6. The zero-order valence-corrected chi connectivity index (χ0v) is 13.4. The van der Waals surface area contributed by atoms with Crippen molar-refractivity contribution in [3.05, 3.63) is 46.4 Å². The molecule has 0 N–H and O–H groups in total. The maximum atomic E-state index is 12.5. The molecule has 0 saturated carbocycles. The Morgan fingerprint density at radius 3 is 2.71 bits per heavy atom. The van der Waals surface area contributed by atoms with Crippen LogP contribution in [0.5, 0.6) is 0 Å². The van der Waals surface area contributed by atoms with Crippen molar-refractivity contribution in [2.24, 2.45) is 0 Å². The average molecular weight is 321 g/mol. The molecule has 7 heteroatoms. The summed E-state index contributed by atoms with van der Waals surface area (Å²) in [7, 11) is -2.04. The van der Waals surface area contributed by atoms with Gasteiger partial charge in [-0.1, -0.05) is 6.07 Å². The van der Waals surface area contributed by atoms with Crippen LogP contribution in [0.4, 0.5) is 0 Å². The molecule has 0 fully saturated rings. The smallest absolute Gasteiger partial charge is 0.244 e. The Balaban J connectivity index is 2.19. The highest BCUT2D eigenvalue weighted by Crippen LogP contribution is 2.19. The predicted molar refractivity (Wildman–Crippen MR) is 81.4 cm³/mol. The highest BCUT2D eigenvalue weighted by atomic mass is 32.2. The van der Waals surface area contributed by atoms with Crippen LogP contribution in [0.2, 0.25) is 0 Å². The molecule has 2 aromatic heterocycles. The van der Waals surface area contributed by atoms with Gasteiger partial charge in [-0.2, -0.15) is 9.57 Å². The van der Waals surface area contributed by atoms with Crippen molar-refractivity contribution in [3.63, 3.8) is 0 Å². The molecule has 0 saturated heterocycles. The van der Waals surface area contributed by atoms with Crippen molar-refractivity contribution < 1.29 is 8.42 Å². The van der Waals surface area contributed by atoms with Crippen LogP contribution in [-0.4, -0.2) is 30.8 Å². The topological polar surface area (TPSA) is 74.1 Å². The van der Waals surface area contributed by atoms with Crippen LogP contribution in [0.15, 0.2) is 40.7 Å². The molecule has 2 rings (SSSR count). The largest absolute Gasteiger partial charge is 0.244 e. The molecule has 0 radical (unpaired) electrons. The summed E-state index contributed by atoms with van der Waals surface area (Å²) in [5, 5.41) is 10.7. The fraction of sp³-hybridized carbons (Fsp3) is 0.286. The summed E-state index contributed by atoms with van der Waals surface area (Å²) in [6.45, 7) is 1.87. The molecular weight excluding hydrogens is 306 g/mol. The van der Waals surface area contributed by atoms with E-state index in [1.54, 1.807) is 18.4 Å². The van der Waals surface area contributed by atoms with Gasteiger partial charge in [-0.15, -0.1) is 11.3 Å². The number of likely N-dealkylation sites (N-methyl/N-ethyl adjacent to an activating group) is 1. The van der Waals surface area contributed by atoms with E-state index in [4.69, 9.17) is 5.26 Å². The number of nitrogens with zero attached hydrogens (tertiary/aromatic N) is 3. The molecule has 21 heavy (non-hydrogen) atoms. The molecule has 0 aromatic carbocycles. The fourth-order valence-electron chi connectivity index (χ4n) is 1.85. The highest BCUT2D eigenvalue weighted by molar-refractivity contribution is 7.89. The second-order valence-corrected chi connectivity index (χ2v) is 7.67. The number of sulfonamides is 1. The average Bonchev–Trinajstić information content (AvgIpc) is 2.99. The summed E-state index contributed by atoms with van der Waals surface area (Å²) in [5.41, 5.74) is 0.197. The maximum Gasteiger partial charge on any atom is 0.244 e. The Morgan fingerprint density at radius 1 is 1.43 bits per heavy atom. The first-order chi connectivity index (χ1) is 9.95. The van der Waals surface area contributed by atoms with Crippen LogP contribution >= 0.6 is 11.3 Å². The highest BCUT2D eigenvalue weighted by Gasteiger charge is 2.26. The molecule has 5 nitrogen and oxygen atoms in total. The summed E-state index contributed by atoms with van der Waals surface area (Å²) in [5.74, 6) is 0. The SMILES string of the molecule is CC(Cc1cccs1)N(C)S(=O)(=O)c1ccc(C#N)nc1. The van der Waals surface area contributed by atoms with Crippen LogP contribution < -0.4 is 0 Å². The van der Waals surface area contributed by atoms with E-state index in [-0.39, 0.29) is 16.6 Å². The van der Waals surface area contributed by atoms with Gasteiger partial charge in [0.05, 0.1) is 0 Å². The van der Waals surface area contributed by atoms with Crippen molar-refractivity contribution >= 4 is 21.4 Å². The standard InChI is InChI=1S/C14H15N3O2S2/c1-11(8-13-4-3-7-20-13)17(2)21(18,19)14-6-5-12(9-15)16-10-14/h3-7,10-11H,8H2,1-2H3. The second-order valence-electron chi connectivity index (χ2n) is 4.64. The van der Waals surface area contributed by atoms with E-state index < -0.39 is 10.0 Å². The summed E-state index contributed by atoms with van der Waals surface area (Å²) in [6.07, 6.45) is 1.89. The Kier molecular flexibility index (Phi) is 4.73. The van der Waals surface area contributed by atoms with Gasteiger partial charge in [-0.25, -0.2) is 13.4 Å². The third-order valence-corrected chi connectivity index (χ3v) is 6.08. The minimum absolute atomic E-state index is 0.0991. The molecule has 0 aliphatic heterocycles. The summed E-state index contributed by atoms with van der Waals surface area (Å²) in [6, 6.07) is 8.47. The van der Waals surface area contributed by atoms with E-state index >= 15 is 0 Å². The number of thiophene rings is 1. The van der Waals surface area contributed by atoms with Crippen LogP contribution in [0.3, 0.4) is 0 Å². The fourth-order valence-corrected chi connectivity index (χ4v) is 3.98. The van der Waals surface area contributed by atoms with Gasteiger partial charge in [0.15, 0.2) is 0 Å². The van der Waals surface area contributed by atoms with Gasteiger partial charge in [0.25, 0.3) is 0 Å². The number of pyridine rings is 1. The first-order valence-corrected chi connectivity index (χ1v) is 8.63. The van der Waals surface area contributed by atoms with Crippen LogP contribution in [0.1, 0.15) is 17.5 Å². The molecule has 1 unspecified atom stereocenters. The summed E-state index contributed by atoms with van der Waals surface area (Å²) >= 11 is 1.61. The third-order valence-electron chi connectivity index (χ3n) is 3.23. The molecular formula is C14H15N3O2S2. The minimum Gasteiger partial charge on any atom is -0.244 e. The second kappa shape index (κ2) is 6.35. The Labute approximate surface area is 128 Å². The number of aromatic nitrogens is 1. The third kappa shape index (κ3) is 3.47. The van der Waals surface area contributed by atoms with E-state index in [0.717, 1.165) is 4.88 Å². The van der Waals surface area contributed by atoms with E-state index in [1.807, 2.05) is 30.5 Å². The Hall–Kier alpha value is -1.75. The number of rotatable bonds is 5. The van der Waals surface area contributed by atoms with Crippen LogP contribution in [0, 0.1) is 11.3 Å². The van der Waals surface area contributed by atoms with Crippen molar-refractivity contribution in [3.8, 4) is 6.07 Å². The number of hydrogen-bond donors (Lipinski definition) is 0. The van der Waals surface area contributed by atoms with Gasteiger partial charge in [0.2, 0.25) is 10.0 Å². The monoisotopic (exact) mass is 321 g/mol. The molecule has 1 atom stereocenters. The van der Waals surface area contributed by atoms with Crippen LogP contribution in [-0.2, 0) is 16.4 Å². The minimum atomic E-state index is -3.60. The van der Waals surface area contributed by atoms with Crippen molar-refractivity contribution in [2.75, 3.05) is 7.05 Å². The van der Waals surface area contributed by atoms with Crippen LogP contribution in [0.25, 0.3) is 0 Å². The van der Waals surface area contributed by atoms with E-state index in [1.165, 1.54) is 22.6 Å². The molecule has 0 aliphatic carbocycles. The summed E-state index contributed by atoms with van der Waals surface area (Å²) in [4.78, 5) is 5.06. The van der Waals surface area contributed by atoms with Crippen molar-refractivity contribution in [1.29, 1.82) is 5.26 Å². The van der Waals surface area contributed by atoms with Gasteiger partial charge in [-0.05, 0) is 36.9 Å². The van der Waals surface area contributed by atoms with Gasteiger partial charge in [-0.3, -0.25) is 0 Å². The maximum absolute atomic E-state index is 12.5. The van der Waals surface area contributed by atoms with Gasteiger partial charge >= 0.3 is 0 Å². The zero-order valence-electron chi connectivity index (χ0n) is 11.7. The lowest BCUT2D eigenvalue weighted by Gasteiger charge is -2.23. The first-order valence-electron chi connectivity index (χ1n) is 6.31. The summed E-state index contributed by atoms with van der Waals surface area (Å²) < 4.78 is 26.4. The van der Waals surface area contributed by atoms with Gasteiger partial charge in [0, 0.05) is 24.2 Å². The van der Waals surface area contributed by atoms with Gasteiger partial charge < -0.3 is 0 Å². The van der Waals surface area contributed by atoms with E-state index in [2.05, 4.69) is 4.98 Å². The lowest BCUT2D eigenvalue weighted by molar-refractivity contribution is 0.388. The molecule has 2 aromatic rings. The Morgan fingerprint density at radius 2 is 2.19 bits per heavy atom. The number of hydrogen-bond acceptors (Lipinski definition) is 5. The lowest BCUT2D eigenvalue weighted by Crippen LogP contribution is -2.36. The normalized spacial score (nSPS) is 13.0. The van der Waals surface area contributed by atoms with Crippen molar-refractivity contribution in [2.45, 2.75) is 24.3 Å². The van der Waals surface area contributed by atoms with Crippen molar-refractivity contribution in [1.82, 2.24) is 9.29 Å². The lowest BCUT2D eigenvalue weighted by atomic mass is 10.2. The van der Waals surface area contributed by atoms with E-state index in [0.29, 0.717) is 6.42 Å². The van der Waals surface area contributed by atoms with Gasteiger partial charge in [0.1, 0.15) is 16.7 Å². The molecule has 2 heterocycles. The molecule has 110 valence electrons. The number of nitriles is 1. The quantitative estimate of drug-likeness (QED) is 0.846.